The Morgan fingerprint density at radius 2 is 1.82 bits per heavy atom. The number of furan rings is 1. The van der Waals surface area contributed by atoms with Crippen LogP contribution in [0.1, 0.15) is 53.4 Å². The minimum atomic E-state index is -1.19. The van der Waals surface area contributed by atoms with Crippen molar-refractivity contribution in [3.8, 4) is 11.5 Å². The maximum absolute atomic E-state index is 15.0. The smallest absolute Gasteiger partial charge is 0.290 e. The number of carbonyl (C=O) groups is 2. The Balaban J connectivity index is 1.54. The summed E-state index contributed by atoms with van der Waals surface area (Å²) >= 11 is 0. The van der Waals surface area contributed by atoms with Gasteiger partial charge >= 0.3 is 0 Å². The van der Waals surface area contributed by atoms with Crippen molar-refractivity contribution >= 4 is 11.8 Å². The van der Waals surface area contributed by atoms with Crippen LogP contribution in [0.15, 0.2) is 65.3 Å². The molecule has 2 aromatic carbocycles. The van der Waals surface area contributed by atoms with Crippen LogP contribution in [0.2, 0.25) is 0 Å². The van der Waals surface area contributed by atoms with Crippen LogP contribution in [0.25, 0.3) is 0 Å². The Bertz CT molecular complexity index is 1170. The highest BCUT2D eigenvalue weighted by Gasteiger charge is 2.36. The molecule has 34 heavy (non-hydrogen) atoms. The number of halogens is 1. The second-order valence-electron chi connectivity index (χ2n) is 8.51. The largest absolute Gasteiger partial charge is 0.459 e. The third-order valence-electron chi connectivity index (χ3n) is 6.24. The van der Waals surface area contributed by atoms with Crippen LogP contribution in [-0.4, -0.2) is 29.5 Å². The van der Waals surface area contributed by atoms with E-state index in [1.807, 2.05) is 0 Å². The highest BCUT2D eigenvalue weighted by molar-refractivity contribution is 5.96. The lowest BCUT2D eigenvalue weighted by Gasteiger charge is -2.32. The fraction of sp³-hybridized carbons (Fsp3) is 0.308. The third-order valence-corrected chi connectivity index (χ3v) is 6.24. The number of hydrogen-bond acceptors (Lipinski definition) is 5. The Morgan fingerprint density at radius 1 is 1.03 bits per heavy atom. The molecular weight excluding hydrogens is 439 g/mol. The quantitative estimate of drug-likeness (QED) is 0.553. The molecule has 2 amide bonds. The van der Waals surface area contributed by atoms with Gasteiger partial charge in [0.25, 0.3) is 5.91 Å². The summed E-state index contributed by atoms with van der Waals surface area (Å²) in [6.45, 7) is 0.155. The van der Waals surface area contributed by atoms with Gasteiger partial charge in [-0.2, -0.15) is 0 Å². The first kappa shape index (κ1) is 22.0. The number of nitrogens with one attached hydrogen (secondary N) is 1. The van der Waals surface area contributed by atoms with Crippen molar-refractivity contribution in [3.05, 3.63) is 83.6 Å². The second kappa shape index (κ2) is 9.59. The van der Waals surface area contributed by atoms with E-state index in [1.54, 1.807) is 36.4 Å². The van der Waals surface area contributed by atoms with Crippen molar-refractivity contribution in [1.29, 1.82) is 0 Å². The van der Waals surface area contributed by atoms with E-state index in [-0.39, 0.29) is 30.7 Å². The molecule has 3 aromatic rings. The van der Waals surface area contributed by atoms with Gasteiger partial charge in [0.05, 0.1) is 6.26 Å². The van der Waals surface area contributed by atoms with Crippen molar-refractivity contribution in [1.82, 2.24) is 10.2 Å². The number of benzene rings is 2. The van der Waals surface area contributed by atoms with Crippen LogP contribution < -0.4 is 14.8 Å². The molecule has 7 nitrogen and oxygen atoms in total. The molecule has 0 radical (unpaired) electrons. The van der Waals surface area contributed by atoms with Crippen LogP contribution in [0.3, 0.4) is 0 Å². The molecule has 8 heteroatoms. The van der Waals surface area contributed by atoms with Gasteiger partial charge in [-0.3, -0.25) is 9.59 Å². The molecule has 1 N–H and O–H groups in total. The molecule has 2 aliphatic rings. The summed E-state index contributed by atoms with van der Waals surface area (Å²) in [5.41, 5.74) is 0.831. The summed E-state index contributed by atoms with van der Waals surface area (Å²) in [6.07, 6.45) is 5.18. The average molecular weight is 464 g/mol. The molecule has 1 aliphatic carbocycles. The van der Waals surface area contributed by atoms with E-state index in [4.69, 9.17) is 13.9 Å². The van der Waals surface area contributed by atoms with Gasteiger partial charge in [0.2, 0.25) is 12.7 Å². The Labute approximate surface area is 196 Å². The maximum Gasteiger partial charge on any atom is 0.290 e. The zero-order chi connectivity index (χ0) is 23.5. The fourth-order valence-electron chi connectivity index (χ4n) is 4.56. The number of amides is 2. The van der Waals surface area contributed by atoms with Gasteiger partial charge in [-0.05, 0) is 48.7 Å². The maximum atomic E-state index is 15.0. The molecule has 0 unspecified atom stereocenters. The molecule has 1 aromatic heterocycles. The molecule has 5 rings (SSSR count). The lowest BCUT2D eigenvalue weighted by atomic mass is 10.0. The third kappa shape index (κ3) is 4.48. The number of fused-ring (bicyclic) bond motifs is 1. The molecule has 0 saturated heterocycles. The Hall–Kier alpha value is -3.81. The van der Waals surface area contributed by atoms with E-state index in [1.165, 1.54) is 29.4 Å². The number of hydrogen-bond donors (Lipinski definition) is 1. The van der Waals surface area contributed by atoms with Crippen molar-refractivity contribution in [2.24, 2.45) is 0 Å². The van der Waals surface area contributed by atoms with Crippen LogP contribution in [-0.2, 0) is 11.3 Å². The van der Waals surface area contributed by atoms with E-state index in [0.29, 0.717) is 17.1 Å². The van der Waals surface area contributed by atoms with E-state index in [0.717, 1.165) is 25.7 Å². The van der Waals surface area contributed by atoms with Gasteiger partial charge in [0, 0.05) is 18.2 Å². The monoisotopic (exact) mass is 464 g/mol. The number of rotatable bonds is 7. The van der Waals surface area contributed by atoms with E-state index < -0.39 is 23.7 Å². The molecule has 2 heterocycles. The lowest BCUT2D eigenvalue weighted by molar-refractivity contribution is -0.127. The molecule has 0 spiro atoms. The fourth-order valence-corrected chi connectivity index (χ4v) is 4.56. The standard InChI is InChI=1S/C26H25FN2O5/c27-20-9-4-3-8-19(20)24(25(30)28-18-6-1-2-7-18)29(26(31)22-10-5-13-32-22)15-17-11-12-21-23(14-17)34-16-33-21/h3-5,8-14,18,24H,1-2,6-7,15-16H2,(H,28,30)/t24-/m0/s1. The van der Waals surface area contributed by atoms with Gasteiger partial charge in [0.1, 0.15) is 11.9 Å². The summed E-state index contributed by atoms with van der Waals surface area (Å²) < 4.78 is 31.2. The van der Waals surface area contributed by atoms with Crippen LogP contribution in [0.4, 0.5) is 4.39 Å². The first-order valence-corrected chi connectivity index (χ1v) is 11.4. The summed E-state index contributed by atoms with van der Waals surface area (Å²) in [5, 5.41) is 3.04. The van der Waals surface area contributed by atoms with Crippen molar-refractivity contribution < 1.29 is 27.9 Å². The van der Waals surface area contributed by atoms with Crippen molar-refractivity contribution in [3.63, 3.8) is 0 Å². The van der Waals surface area contributed by atoms with Crippen molar-refractivity contribution in [2.75, 3.05) is 6.79 Å². The molecule has 176 valence electrons. The van der Waals surface area contributed by atoms with Gasteiger partial charge < -0.3 is 24.1 Å². The summed E-state index contributed by atoms with van der Waals surface area (Å²) in [4.78, 5) is 28.5. The van der Waals surface area contributed by atoms with Gasteiger partial charge in [-0.1, -0.05) is 37.1 Å². The van der Waals surface area contributed by atoms with Crippen molar-refractivity contribution in [2.45, 2.75) is 44.3 Å². The van der Waals surface area contributed by atoms with Crippen LogP contribution in [0.5, 0.6) is 11.5 Å². The highest BCUT2D eigenvalue weighted by atomic mass is 19.1. The molecule has 1 atom stereocenters. The lowest BCUT2D eigenvalue weighted by Crippen LogP contribution is -2.46. The first-order chi connectivity index (χ1) is 16.6. The predicted octanol–water partition coefficient (Wildman–Crippen LogP) is 4.59. The summed E-state index contributed by atoms with van der Waals surface area (Å²) in [7, 11) is 0. The zero-order valence-corrected chi connectivity index (χ0v) is 18.5. The van der Waals surface area contributed by atoms with Crippen LogP contribution >= 0.6 is 0 Å². The normalized spacial score (nSPS) is 15.8. The van der Waals surface area contributed by atoms with Gasteiger partial charge in [-0.15, -0.1) is 0 Å². The Morgan fingerprint density at radius 3 is 2.59 bits per heavy atom. The van der Waals surface area contributed by atoms with Crippen LogP contribution in [0, 0.1) is 5.82 Å². The van der Waals surface area contributed by atoms with E-state index in [2.05, 4.69) is 5.32 Å². The summed E-state index contributed by atoms with van der Waals surface area (Å²) in [6, 6.07) is 13.3. The first-order valence-electron chi connectivity index (χ1n) is 11.4. The number of carbonyl (C=O) groups excluding carboxylic acids is 2. The predicted molar refractivity (Wildman–Crippen MR) is 121 cm³/mol. The summed E-state index contributed by atoms with van der Waals surface area (Å²) in [5.74, 6) is -0.263. The zero-order valence-electron chi connectivity index (χ0n) is 18.5. The molecule has 1 aliphatic heterocycles. The molecule has 1 fully saturated rings. The topological polar surface area (TPSA) is 81.0 Å². The van der Waals surface area contributed by atoms with E-state index >= 15 is 4.39 Å². The molecule has 0 bridgehead atoms. The minimum Gasteiger partial charge on any atom is -0.459 e. The average Bonchev–Trinajstić information content (AvgIpc) is 3.62. The van der Waals surface area contributed by atoms with Gasteiger partial charge in [-0.25, -0.2) is 4.39 Å². The van der Waals surface area contributed by atoms with Gasteiger partial charge in [0.15, 0.2) is 17.3 Å². The molecule has 1 saturated carbocycles. The van der Waals surface area contributed by atoms with E-state index in [9.17, 15) is 9.59 Å². The number of nitrogens with zero attached hydrogens (tertiary/aromatic N) is 1. The second-order valence-corrected chi connectivity index (χ2v) is 8.51. The Kier molecular flexibility index (Phi) is 6.20. The molecular formula is C26H25FN2O5. The minimum absolute atomic E-state index is 0.00730. The SMILES string of the molecule is O=C(NC1CCCC1)[C@H](c1ccccc1F)N(Cc1ccc2c(c1)OCO2)C(=O)c1ccco1. The number of ether oxygens (including phenoxy) is 2. The highest BCUT2D eigenvalue weighted by Crippen LogP contribution is 2.35.